The van der Waals surface area contributed by atoms with E-state index in [-0.39, 0.29) is 24.3 Å². The Morgan fingerprint density at radius 1 is 0.893 bits per heavy atom. The number of amides is 3. The van der Waals surface area contributed by atoms with E-state index in [0.29, 0.717) is 5.76 Å². The second-order valence-electron chi connectivity index (χ2n) is 5.81. The molecule has 28 heavy (non-hydrogen) atoms. The first-order valence-corrected chi connectivity index (χ1v) is 8.51. The largest absolute Gasteiger partial charge is 0.467 e. The van der Waals surface area contributed by atoms with E-state index in [4.69, 9.17) is 4.42 Å². The second kappa shape index (κ2) is 9.13. The predicted molar refractivity (Wildman–Crippen MR) is 101 cm³/mol. The van der Waals surface area contributed by atoms with Crippen molar-refractivity contribution in [2.45, 2.75) is 13.1 Å². The number of aromatic nitrogens is 1. The Morgan fingerprint density at radius 3 is 2.50 bits per heavy atom. The Kier molecular flexibility index (Phi) is 6.14. The zero-order valence-corrected chi connectivity index (χ0v) is 14.8. The van der Waals surface area contributed by atoms with E-state index in [9.17, 15) is 14.4 Å². The molecule has 0 unspecified atom stereocenters. The van der Waals surface area contributed by atoms with Gasteiger partial charge in [-0.1, -0.05) is 18.2 Å². The van der Waals surface area contributed by atoms with Crippen LogP contribution in [0.5, 0.6) is 0 Å². The molecule has 8 nitrogen and oxygen atoms in total. The van der Waals surface area contributed by atoms with E-state index in [1.54, 1.807) is 60.9 Å². The number of carbonyl (C=O) groups excluding carboxylic acids is 3. The lowest BCUT2D eigenvalue weighted by Gasteiger charge is -2.11. The third-order valence-electron chi connectivity index (χ3n) is 3.81. The molecule has 3 aromatic rings. The van der Waals surface area contributed by atoms with Crippen LogP contribution in [0.3, 0.4) is 0 Å². The van der Waals surface area contributed by atoms with Crippen LogP contribution in [0.1, 0.15) is 21.7 Å². The van der Waals surface area contributed by atoms with E-state index < -0.39 is 17.7 Å². The summed E-state index contributed by atoms with van der Waals surface area (Å²) in [5.74, 6) is -1.47. The minimum Gasteiger partial charge on any atom is -0.467 e. The summed E-state index contributed by atoms with van der Waals surface area (Å²) in [4.78, 5) is 40.5. The lowest BCUT2D eigenvalue weighted by atomic mass is 10.1. The molecule has 0 aliphatic rings. The molecule has 0 aliphatic carbocycles. The smallest absolute Gasteiger partial charge is 0.313 e. The molecule has 142 valence electrons. The van der Waals surface area contributed by atoms with E-state index in [1.165, 1.54) is 6.26 Å². The lowest BCUT2D eigenvalue weighted by molar-refractivity contribution is -0.136. The van der Waals surface area contributed by atoms with Crippen LogP contribution in [0.25, 0.3) is 0 Å². The highest BCUT2D eigenvalue weighted by atomic mass is 16.3. The average Bonchev–Trinajstić information content (AvgIpc) is 3.25. The van der Waals surface area contributed by atoms with E-state index >= 15 is 0 Å². The highest BCUT2D eigenvalue weighted by molar-refractivity contribution is 6.40. The van der Waals surface area contributed by atoms with Crippen molar-refractivity contribution in [2.75, 3.05) is 5.32 Å². The first-order chi connectivity index (χ1) is 13.6. The summed E-state index contributed by atoms with van der Waals surface area (Å²) in [6, 6.07) is 13.4. The van der Waals surface area contributed by atoms with Crippen molar-refractivity contribution < 1.29 is 18.8 Å². The summed E-state index contributed by atoms with van der Waals surface area (Å²) in [5, 5.41) is 7.68. The standard InChI is InChI=1S/C20H18N4O4/c25-18(23-13-15-6-4-10-28-15)16-7-1-2-8-17(16)24-20(27)19(26)22-12-14-5-3-9-21-11-14/h1-11H,12-13H2,(H,22,26)(H,23,25)(H,24,27). The molecule has 0 bridgehead atoms. The molecule has 0 fully saturated rings. The maximum Gasteiger partial charge on any atom is 0.313 e. The molecular weight excluding hydrogens is 360 g/mol. The van der Waals surface area contributed by atoms with Gasteiger partial charge in [-0.3, -0.25) is 19.4 Å². The number of anilines is 1. The quantitative estimate of drug-likeness (QED) is 0.567. The Morgan fingerprint density at radius 2 is 1.75 bits per heavy atom. The molecule has 3 rings (SSSR count). The topological polar surface area (TPSA) is 113 Å². The van der Waals surface area contributed by atoms with Crippen LogP contribution in [-0.2, 0) is 22.7 Å². The van der Waals surface area contributed by atoms with Crippen LogP contribution in [0, 0.1) is 0 Å². The molecule has 1 aromatic carbocycles. The molecule has 2 aromatic heterocycles. The van der Waals surface area contributed by atoms with Gasteiger partial charge in [-0.2, -0.15) is 0 Å². The third kappa shape index (κ3) is 5.04. The highest BCUT2D eigenvalue weighted by Crippen LogP contribution is 2.15. The van der Waals surface area contributed by atoms with Crippen LogP contribution in [0.15, 0.2) is 71.6 Å². The molecule has 0 radical (unpaired) electrons. The first kappa shape index (κ1) is 18.8. The van der Waals surface area contributed by atoms with Crippen molar-refractivity contribution in [3.05, 3.63) is 84.1 Å². The number of hydrogen-bond acceptors (Lipinski definition) is 5. The molecular formula is C20H18N4O4. The number of hydrogen-bond donors (Lipinski definition) is 3. The molecule has 8 heteroatoms. The number of para-hydroxylation sites is 1. The number of nitrogens with one attached hydrogen (secondary N) is 3. The monoisotopic (exact) mass is 378 g/mol. The summed E-state index contributed by atoms with van der Waals surface area (Å²) in [6.07, 6.45) is 4.72. The summed E-state index contributed by atoms with van der Waals surface area (Å²) < 4.78 is 5.17. The number of pyridine rings is 1. The number of carbonyl (C=O) groups is 3. The third-order valence-corrected chi connectivity index (χ3v) is 3.81. The second-order valence-corrected chi connectivity index (χ2v) is 5.81. The Bertz CT molecular complexity index is 955. The van der Waals surface area contributed by atoms with Crippen molar-refractivity contribution in [3.63, 3.8) is 0 Å². The zero-order chi connectivity index (χ0) is 19.8. The van der Waals surface area contributed by atoms with Gasteiger partial charge < -0.3 is 20.4 Å². The summed E-state index contributed by atoms with van der Waals surface area (Å²) in [6.45, 7) is 0.380. The normalized spacial score (nSPS) is 10.1. The van der Waals surface area contributed by atoms with E-state index in [0.717, 1.165) is 5.56 Å². The minimum absolute atomic E-state index is 0.172. The van der Waals surface area contributed by atoms with Gasteiger partial charge in [0.05, 0.1) is 24.1 Å². The lowest BCUT2D eigenvalue weighted by Crippen LogP contribution is -2.35. The van der Waals surface area contributed by atoms with Gasteiger partial charge in [-0.05, 0) is 35.9 Å². The van der Waals surface area contributed by atoms with E-state index in [1.807, 2.05) is 0 Å². The summed E-state index contributed by atoms with van der Waals surface area (Å²) in [5.41, 5.74) is 1.24. The molecule has 2 heterocycles. The average molecular weight is 378 g/mol. The van der Waals surface area contributed by atoms with Gasteiger partial charge in [-0.15, -0.1) is 0 Å². The maximum absolute atomic E-state index is 12.4. The Hall–Kier alpha value is -3.94. The Balaban J connectivity index is 1.59. The molecule has 0 saturated heterocycles. The summed E-state index contributed by atoms with van der Waals surface area (Å²) >= 11 is 0. The number of furan rings is 1. The highest BCUT2D eigenvalue weighted by Gasteiger charge is 2.17. The fraction of sp³-hybridized carbons (Fsp3) is 0.100. The van der Waals surface area contributed by atoms with Crippen LogP contribution >= 0.6 is 0 Å². The molecule has 0 spiro atoms. The van der Waals surface area contributed by atoms with Crippen molar-refractivity contribution in [1.29, 1.82) is 0 Å². The zero-order valence-electron chi connectivity index (χ0n) is 14.8. The van der Waals surface area contributed by atoms with Crippen LogP contribution in [0.4, 0.5) is 5.69 Å². The van der Waals surface area contributed by atoms with Gasteiger partial charge in [0.1, 0.15) is 5.76 Å². The number of benzene rings is 1. The van der Waals surface area contributed by atoms with Gasteiger partial charge in [0.2, 0.25) is 0 Å². The van der Waals surface area contributed by atoms with Crippen molar-refractivity contribution in [3.8, 4) is 0 Å². The van der Waals surface area contributed by atoms with Crippen molar-refractivity contribution in [2.24, 2.45) is 0 Å². The molecule has 0 atom stereocenters. The molecule has 0 aliphatic heterocycles. The minimum atomic E-state index is -0.866. The van der Waals surface area contributed by atoms with Gasteiger partial charge in [0, 0.05) is 18.9 Å². The van der Waals surface area contributed by atoms with Crippen molar-refractivity contribution >= 4 is 23.4 Å². The van der Waals surface area contributed by atoms with Crippen LogP contribution in [0.2, 0.25) is 0 Å². The SMILES string of the molecule is O=C(NCc1cccnc1)C(=O)Nc1ccccc1C(=O)NCc1ccco1. The first-order valence-electron chi connectivity index (χ1n) is 8.51. The fourth-order valence-electron chi connectivity index (χ4n) is 2.41. The van der Waals surface area contributed by atoms with Gasteiger partial charge in [0.15, 0.2) is 0 Å². The molecule has 3 amide bonds. The van der Waals surface area contributed by atoms with Gasteiger partial charge >= 0.3 is 11.8 Å². The fourth-order valence-corrected chi connectivity index (χ4v) is 2.41. The molecule has 3 N–H and O–H groups in total. The predicted octanol–water partition coefficient (Wildman–Crippen LogP) is 1.86. The van der Waals surface area contributed by atoms with Crippen LogP contribution < -0.4 is 16.0 Å². The molecule has 0 saturated carbocycles. The number of nitrogens with zero attached hydrogens (tertiary/aromatic N) is 1. The number of rotatable bonds is 6. The van der Waals surface area contributed by atoms with Gasteiger partial charge in [-0.25, -0.2) is 0 Å². The maximum atomic E-state index is 12.4. The van der Waals surface area contributed by atoms with Gasteiger partial charge in [0.25, 0.3) is 5.91 Å². The van der Waals surface area contributed by atoms with Crippen molar-refractivity contribution in [1.82, 2.24) is 15.6 Å². The van der Waals surface area contributed by atoms with Crippen LogP contribution in [-0.4, -0.2) is 22.7 Å². The summed E-state index contributed by atoms with van der Waals surface area (Å²) in [7, 11) is 0. The van der Waals surface area contributed by atoms with E-state index in [2.05, 4.69) is 20.9 Å². The Labute approximate surface area is 161 Å².